The maximum Gasteiger partial charge on any atom is 0.253 e. The summed E-state index contributed by atoms with van der Waals surface area (Å²) in [4.78, 5) is 6.55. The summed E-state index contributed by atoms with van der Waals surface area (Å²) in [5.74, 6) is 0.973. The highest BCUT2D eigenvalue weighted by molar-refractivity contribution is 8.01. The first-order chi connectivity index (χ1) is 26.2. The molecular weight excluding hydrogens is 700 g/mol. The van der Waals surface area contributed by atoms with E-state index in [0.29, 0.717) is 0 Å². The second-order valence-electron chi connectivity index (χ2n) is 13.7. The molecule has 0 spiro atoms. The first-order valence-corrected chi connectivity index (χ1v) is 20.2. The summed E-state index contributed by atoms with van der Waals surface area (Å²) in [6.07, 6.45) is 0. The zero-order valence-corrected chi connectivity index (χ0v) is 30.9. The summed E-state index contributed by atoms with van der Waals surface area (Å²) in [6, 6.07) is 64.2. The van der Waals surface area contributed by atoms with Crippen molar-refractivity contribution in [2.75, 3.05) is 0 Å². The Hall–Kier alpha value is -5.33. The lowest BCUT2D eigenvalue weighted by molar-refractivity contribution is 0.651. The molecule has 1 nitrogen and oxygen atoms in total. The minimum atomic E-state index is 0.194. The number of benzene rings is 8. The zero-order chi connectivity index (χ0) is 34.9. The molecule has 0 unspecified atom stereocenters. The van der Waals surface area contributed by atoms with Gasteiger partial charge in [0.25, 0.3) is 6.71 Å². The SMILES string of the molecule is c1ccc(-c2cc(-c3ccccc3)cc(-c3ccc(-c4ccc(-c5cc6c7c(c5)Sc5cccc8c5B7c5c(cccc5S8)SO6)cc4)cc3)c2)cc1. The van der Waals surface area contributed by atoms with Crippen molar-refractivity contribution in [2.24, 2.45) is 0 Å². The van der Waals surface area contributed by atoms with Crippen LogP contribution < -0.4 is 20.6 Å². The number of hydrogen-bond acceptors (Lipinski definition) is 4. The highest BCUT2D eigenvalue weighted by Crippen LogP contribution is 2.45. The van der Waals surface area contributed by atoms with Gasteiger partial charge in [-0.05, 0) is 127 Å². The first-order valence-electron chi connectivity index (χ1n) is 17.8. The second-order valence-corrected chi connectivity index (χ2v) is 16.7. The lowest BCUT2D eigenvalue weighted by Crippen LogP contribution is -2.58. The molecule has 0 saturated heterocycles. The molecule has 0 N–H and O–H groups in total. The Morgan fingerprint density at radius 3 is 1.21 bits per heavy atom. The van der Waals surface area contributed by atoms with Gasteiger partial charge in [-0.1, -0.05) is 145 Å². The van der Waals surface area contributed by atoms with Gasteiger partial charge < -0.3 is 4.18 Å². The second kappa shape index (κ2) is 12.7. The van der Waals surface area contributed by atoms with Gasteiger partial charge >= 0.3 is 0 Å². The van der Waals surface area contributed by atoms with Gasteiger partial charge in [0.05, 0.1) is 12.0 Å². The Morgan fingerprint density at radius 2 is 0.698 bits per heavy atom. The van der Waals surface area contributed by atoms with Crippen molar-refractivity contribution in [3.8, 4) is 61.4 Å². The van der Waals surface area contributed by atoms with Gasteiger partial charge in [-0.3, -0.25) is 0 Å². The van der Waals surface area contributed by atoms with E-state index in [1.807, 2.05) is 23.5 Å². The topological polar surface area (TPSA) is 9.23 Å². The van der Waals surface area contributed by atoms with Crippen LogP contribution in [0.1, 0.15) is 0 Å². The minimum absolute atomic E-state index is 0.194. The van der Waals surface area contributed by atoms with Gasteiger partial charge in [-0.25, -0.2) is 0 Å². The van der Waals surface area contributed by atoms with E-state index in [4.69, 9.17) is 4.18 Å². The zero-order valence-electron chi connectivity index (χ0n) is 28.5. The van der Waals surface area contributed by atoms with Crippen LogP contribution in [0.15, 0.2) is 200 Å². The summed E-state index contributed by atoms with van der Waals surface area (Å²) < 4.78 is 6.58. The van der Waals surface area contributed by atoms with Crippen molar-refractivity contribution in [1.82, 2.24) is 0 Å². The monoisotopic (exact) mass is 728 g/mol. The number of hydrogen-bond donors (Lipinski definition) is 0. The fourth-order valence-electron chi connectivity index (χ4n) is 8.02. The van der Waals surface area contributed by atoms with Crippen molar-refractivity contribution in [1.29, 1.82) is 0 Å². The van der Waals surface area contributed by atoms with Gasteiger partial charge in [0.1, 0.15) is 5.75 Å². The molecule has 0 atom stereocenters. The number of rotatable bonds is 5. The lowest BCUT2D eigenvalue weighted by atomic mass is 9.36. The van der Waals surface area contributed by atoms with Crippen molar-refractivity contribution < 1.29 is 4.18 Å². The average molecular weight is 729 g/mol. The molecule has 248 valence electrons. The summed E-state index contributed by atoms with van der Waals surface area (Å²) in [6.45, 7) is 0.194. The van der Waals surface area contributed by atoms with Crippen LogP contribution in [0, 0.1) is 0 Å². The highest BCUT2D eigenvalue weighted by atomic mass is 32.2. The van der Waals surface area contributed by atoms with E-state index in [1.54, 1.807) is 0 Å². The molecule has 0 saturated carbocycles. The Kier molecular flexibility index (Phi) is 7.46. The van der Waals surface area contributed by atoms with E-state index in [0.717, 1.165) is 5.75 Å². The molecule has 3 aliphatic heterocycles. The molecule has 0 radical (unpaired) electrons. The fraction of sp³-hybridized carbons (Fsp3) is 0. The maximum atomic E-state index is 6.58. The molecule has 11 rings (SSSR count). The molecule has 8 aromatic carbocycles. The summed E-state index contributed by atoms with van der Waals surface area (Å²) >= 11 is 5.28. The third-order valence-electron chi connectivity index (χ3n) is 10.6. The van der Waals surface area contributed by atoms with Gasteiger partial charge in [-0.15, -0.1) is 0 Å². The molecule has 3 heterocycles. The van der Waals surface area contributed by atoms with Crippen LogP contribution in [0.2, 0.25) is 0 Å². The maximum absolute atomic E-state index is 6.58. The molecule has 0 amide bonds. The van der Waals surface area contributed by atoms with Crippen LogP contribution in [0.3, 0.4) is 0 Å². The third kappa shape index (κ3) is 5.37. The normalized spacial score (nSPS) is 13.2. The lowest BCUT2D eigenvalue weighted by Gasteiger charge is -2.32. The molecule has 0 fully saturated rings. The van der Waals surface area contributed by atoms with Crippen molar-refractivity contribution in [3.05, 3.63) is 176 Å². The Labute approximate surface area is 322 Å². The quantitative estimate of drug-likeness (QED) is 0.129. The Bertz CT molecular complexity index is 2650. The molecule has 5 heteroatoms. The third-order valence-corrected chi connectivity index (χ3v) is 13.7. The average Bonchev–Trinajstić information content (AvgIpc) is 3.40. The van der Waals surface area contributed by atoms with E-state index in [1.165, 1.54) is 109 Å². The van der Waals surface area contributed by atoms with Gasteiger partial charge in [0, 0.05) is 24.5 Å². The molecular formula is C48H29BOS3. The summed E-state index contributed by atoms with van der Waals surface area (Å²) in [5, 5.41) is 0. The van der Waals surface area contributed by atoms with Crippen LogP contribution in [0.4, 0.5) is 0 Å². The van der Waals surface area contributed by atoms with Gasteiger partial charge in [0.15, 0.2) is 0 Å². The molecule has 8 aromatic rings. The van der Waals surface area contributed by atoms with Crippen molar-refractivity contribution in [2.45, 2.75) is 24.5 Å². The smallest absolute Gasteiger partial charge is 0.253 e. The van der Waals surface area contributed by atoms with Gasteiger partial charge in [0.2, 0.25) is 0 Å². The molecule has 53 heavy (non-hydrogen) atoms. The van der Waals surface area contributed by atoms with Crippen molar-refractivity contribution >= 4 is 58.7 Å². The summed E-state index contributed by atoms with van der Waals surface area (Å²) in [7, 11) is 0. The predicted molar refractivity (Wildman–Crippen MR) is 226 cm³/mol. The molecule has 0 aliphatic carbocycles. The Balaban J connectivity index is 0.921. The van der Waals surface area contributed by atoms with E-state index in [9.17, 15) is 0 Å². The molecule has 3 aliphatic rings. The van der Waals surface area contributed by atoms with E-state index < -0.39 is 0 Å². The van der Waals surface area contributed by atoms with Crippen molar-refractivity contribution in [3.63, 3.8) is 0 Å². The Morgan fingerprint density at radius 1 is 0.302 bits per heavy atom. The van der Waals surface area contributed by atoms with Gasteiger partial charge in [-0.2, -0.15) is 0 Å². The largest absolute Gasteiger partial charge is 0.421 e. The highest BCUT2D eigenvalue weighted by Gasteiger charge is 2.43. The van der Waals surface area contributed by atoms with Crippen LogP contribution in [0.5, 0.6) is 5.75 Å². The van der Waals surface area contributed by atoms with E-state index in [2.05, 4.69) is 176 Å². The first kappa shape index (κ1) is 31.2. The van der Waals surface area contributed by atoms with Crippen LogP contribution in [0.25, 0.3) is 55.6 Å². The predicted octanol–water partition coefficient (Wildman–Crippen LogP) is 11.9. The van der Waals surface area contributed by atoms with E-state index in [-0.39, 0.29) is 6.71 Å². The fourth-order valence-corrected chi connectivity index (χ4v) is 11.4. The van der Waals surface area contributed by atoms with Crippen LogP contribution in [-0.2, 0) is 0 Å². The van der Waals surface area contributed by atoms with Crippen LogP contribution >= 0.6 is 35.6 Å². The molecule has 0 bridgehead atoms. The van der Waals surface area contributed by atoms with E-state index >= 15 is 0 Å². The summed E-state index contributed by atoms with van der Waals surface area (Å²) in [5.41, 5.74) is 16.2. The molecule has 0 aromatic heterocycles. The standard InChI is InChI=1S/C48H29BOS3/c1-3-9-30(10-4-1)36-25-37(31-11-5-2-6-12-31)27-38(26-36)34-21-17-32(18-22-34)33-19-23-35(24-20-33)39-28-40-46-45(29-39)52-42-14-7-13-41-47(42)49(46)48-43(51-41)15-8-16-44(48)53-50-40/h1-29H. The van der Waals surface area contributed by atoms with Crippen LogP contribution in [-0.4, -0.2) is 6.71 Å². The minimum Gasteiger partial charge on any atom is -0.421 e.